The van der Waals surface area contributed by atoms with E-state index in [4.69, 9.17) is 4.74 Å². The number of likely N-dealkylation sites (N-methyl/N-ethyl adjacent to an activating group) is 1. The molecule has 0 aliphatic rings. The van der Waals surface area contributed by atoms with Crippen LogP contribution in [0.2, 0.25) is 0 Å². The molecule has 0 heterocycles. The first-order chi connectivity index (χ1) is 12.9. The second-order valence-corrected chi connectivity index (χ2v) is 6.37. The Bertz CT molecular complexity index is 774. The summed E-state index contributed by atoms with van der Waals surface area (Å²) in [4.78, 5) is 26.7. The van der Waals surface area contributed by atoms with Crippen molar-refractivity contribution in [3.05, 3.63) is 54.1 Å². The molecule has 2 rings (SSSR count). The Morgan fingerprint density at radius 1 is 1.07 bits per heavy atom. The van der Waals surface area contributed by atoms with Crippen molar-refractivity contribution in [3.63, 3.8) is 0 Å². The molecule has 0 spiro atoms. The first-order valence-corrected chi connectivity index (χ1v) is 8.98. The number of benzene rings is 2. The third-order valence-electron chi connectivity index (χ3n) is 4.34. The van der Waals surface area contributed by atoms with Crippen molar-refractivity contribution in [1.82, 2.24) is 4.90 Å². The van der Waals surface area contributed by atoms with E-state index in [0.717, 1.165) is 17.0 Å². The lowest BCUT2D eigenvalue weighted by molar-refractivity contribution is -0.123. The number of ether oxygens (including phenoxy) is 1. The highest BCUT2D eigenvalue weighted by atomic mass is 16.5. The Labute approximate surface area is 160 Å². The fourth-order valence-corrected chi connectivity index (χ4v) is 2.72. The van der Waals surface area contributed by atoms with Crippen molar-refractivity contribution in [2.45, 2.75) is 26.8 Å². The molecule has 0 radical (unpaired) electrons. The first kappa shape index (κ1) is 20.5. The normalized spacial score (nSPS) is 11.7. The van der Waals surface area contributed by atoms with Crippen LogP contribution in [-0.4, -0.2) is 43.0 Å². The number of methoxy groups -OCH3 is 1. The zero-order valence-electron chi connectivity index (χ0n) is 16.3. The second kappa shape index (κ2) is 9.73. The van der Waals surface area contributed by atoms with Gasteiger partial charge in [0.2, 0.25) is 11.8 Å². The summed E-state index contributed by atoms with van der Waals surface area (Å²) in [5, 5.41) is 5.75. The number of nitrogens with zero attached hydrogens (tertiary/aromatic N) is 1. The van der Waals surface area contributed by atoms with Crippen molar-refractivity contribution >= 4 is 23.2 Å². The predicted octanol–water partition coefficient (Wildman–Crippen LogP) is 3.29. The van der Waals surface area contributed by atoms with E-state index in [1.165, 1.54) is 0 Å². The number of aryl methyl sites for hydroxylation is 1. The molecule has 0 aliphatic heterocycles. The SMILES string of the molecule is CCN(CC(=O)Nc1ccc(OC)cc1)C(C)C(=O)Nc1cccc(C)c1. The minimum Gasteiger partial charge on any atom is -0.497 e. The van der Waals surface area contributed by atoms with Gasteiger partial charge in [-0.2, -0.15) is 0 Å². The number of nitrogens with one attached hydrogen (secondary N) is 2. The molecular formula is C21H27N3O3. The van der Waals surface area contributed by atoms with Crippen LogP contribution < -0.4 is 15.4 Å². The van der Waals surface area contributed by atoms with Crippen LogP contribution in [0.5, 0.6) is 5.75 Å². The lowest BCUT2D eigenvalue weighted by atomic mass is 10.2. The van der Waals surface area contributed by atoms with Crippen LogP contribution in [0.15, 0.2) is 48.5 Å². The molecule has 0 bridgehead atoms. The molecule has 6 heteroatoms. The van der Waals surface area contributed by atoms with Gasteiger partial charge < -0.3 is 15.4 Å². The van der Waals surface area contributed by atoms with Gasteiger partial charge in [0.05, 0.1) is 19.7 Å². The lowest BCUT2D eigenvalue weighted by Crippen LogP contribution is -2.45. The minimum atomic E-state index is -0.433. The van der Waals surface area contributed by atoms with E-state index in [1.54, 1.807) is 38.3 Å². The molecule has 0 saturated carbocycles. The van der Waals surface area contributed by atoms with Gasteiger partial charge in [-0.25, -0.2) is 0 Å². The van der Waals surface area contributed by atoms with Gasteiger partial charge in [0, 0.05) is 11.4 Å². The molecule has 1 atom stereocenters. The lowest BCUT2D eigenvalue weighted by Gasteiger charge is -2.26. The second-order valence-electron chi connectivity index (χ2n) is 6.37. The first-order valence-electron chi connectivity index (χ1n) is 8.98. The number of amides is 2. The monoisotopic (exact) mass is 369 g/mol. The van der Waals surface area contributed by atoms with Gasteiger partial charge in [0.1, 0.15) is 5.75 Å². The molecule has 27 heavy (non-hydrogen) atoms. The molecule has 0 fully saturated rings. The number of carbonyl (C=O) groups excluding carboxylic acids is 2. The third-order valence-corrected chi connectivity index (χ3v) is 4.34. The Kier molecular flexibility index (Phi) is 7.37. The van der Waals surface area contributed by atoms with Crippen LogP contribution in [0.25, 0.3) is 0 Å². The largest absolute Gasteiger partial charge is 0.497 e. The molecule has 2 amide bonds. The van der Waals surface area contributed by atoms with Crippen LogP contribution in [0.3, 0.4) is 0 Å². The fraction of sp³-hybridized carbons (Fsp3) is 0.333. The van der Waals surface area contributed by atoms with Gasteiger partial charge in [0.25, 0.3) is 0 Å². The highest BCUT2D eigenvalue weighted by Gasteiger charge is 2.22. The quantitative estimate of drug-likeness (QED) is 0.749. The maximum Gasteiger partial charge on any atom is 0.241 e. The van der Waals surface area contributed by atoms with Crippen molar-refractivity contribution in [3.8, 4) is 5.75 Å². The van der Waals surface area contributed by atoms with E-state index in [1.807, 2.05) is 43.0 Å². The number of anilines is 2. The summed E-state index contributed by atoms with van der Waals surface area (Å²) in [5.41, 5.74) is 2.52. The zero-order chi connectivity index (χ0) is 19.8. The van der Waals surface area contributed by atoms with Crippen molar-refractivity contribution in [2.24, 2.45) is 0 Å². The van der Waals surface area contributed by atoms with Crippen LogP contribution in [0, 0.1) is 6.92 Å². The average molecular weight is 369 g/mol. The van der Waals surface area contributed by atoms with Crippen molar-refractivity contribution in [2.75, 3.05) is 30.8 Å². The van der Waals surface area contributed by atoms with Crippen LogP contribution in [-0.2, 0) is 9.59 Å². The summed E-state index contributed by atoms with van der Waals surface area (Å²) in [7, 11) is 1.59. The summed E-state index contributed by atoms with van der Waals surface area (Å²) in [5.74, 6) is 0.418. The molecule has 2 N–H and O–H groups in total. The van der Waals surface area contributed by atoms with E-state index in [0.29, 0.717) is 12.2 Å². The van der Waals surface area contributed by atoms with Crippen LogP contribution >= 0.6 is 0 Å². The van der Waals surface area contributed by atoms with Gasteiger partial charge in [-0.15, -0.1) is 0 Å². The molecule has 1 unspecified atom stereocenters. The maximum atomic E-state index is 12.5. The van der Waals surface area contributed by atoms with Crippen LogP contribution in [0.4, 0.5) is 11.4 Å². The summed E-state index contributed by atoms with van der Waals surface area (Å²) < 4.78 is 5.10. The van der Waals surface area contributed by atoms with Gasteiger partial charge in [-0.3, -0.25) is 14.5 Å². The number of carbonyl (C=O) groups is 2. The van der Waals surface area contributed by atoms with E-state index in [-0.39, 0.29) is 18.4 Å². The van der Waals surface area contributed by atoms with E-state index in [9.17, 15) is 9.59 Å². The summed E-state index contributed by atoms with van der Waals surface area (Å²) in [6.45, 7) is 6.41. The smallest absolute Gasteiger partial charge is 0.241 e. The summed E-state index contributed by atoms with van der Waals surface area (Å²) >= 11 is 0. The van der Waals surface area contributed by atoms with Crippen LogP contribution in [0.1, 0.15) is 19.4 Å². The molecule has 0 aromatic heterocycles. The molecule has 2 aromatic rings. The number of rotatable bonds is 8. The topological polar surface area (TPSA) is 70.7 Å². The summed E-state index contributed by atoms with van der Waals surface area (Å²) in [6.07, 6.45) is 0. The van der Waals surface area contributed by atoms with E-state index < -0.39 is 6.04 Å². The van der Waals surface area contributed by atoms with Crippen molar-refractivity contribution in [1.29, 1.82) is 0 Å². The predicted molar refractivity (Wildman–Crippen MR) is 108 cm³/mol. The van der Waals surface area contributed by atoms with Gasteiger partial charge in [-0.05, 0) is 62.4 Å². The van der Waals surface area contributed by atoms with Gasteiger partial charge >= 0.3 is 0 Å². The molecule has 0 saturated heterocycles. The summed E-state index contributed by atoms with van der Waals surface area (Å²) in [6, 6.07) is 14.3. The number of hydrogen-bond donors (Lipinski definition) is 2. The minimum absolute atomic E-state index is 0.130. The standard InChI is InChI=1S/C21H27N3O3/c1-5-24(14-20(25)22-17-9-11-19(27-4)12-10-17)16(3)21(26)23-18-8-6-7-15(2)13-18/h6-13,16H,5,14H2,1-4H3,(H,22,25)(H,23,26). The average Bonchev–Trinajstić information content (AvgIpc) is 2.66. The van der Waals surface area contributed by atoms with Crippen molar-refractivity contribution < 1.29 is 14.3 Å². The number of hydrogen-bond acceptors (Lipinski definition) is 4. The van der Waals surface area contributed by atoms with Gasteiger partial charge in [-0.1, -0.05) is 19.1 Å². The van der Waals surface area contributed by atoms with Gasteiger partial charge in [0.15, 0.2) is 0 Å². The Morgan fingerprint density at radius 3 is 2.37 bits per heavy atom. The maximum absolute atomic E-state index is 12.5. The molecular weight excluding hydrogens is 342 g/mol. The van der Waals surface area contributed by atoms with E-state index in [2.05, 4.69) is 10.6 Å². The molecule has 2 aromatic carbocycles. The zero-order valence-corrected chi connectivity index (χ0v) is 16.3. The Morgan fingerprint density at radius 2 is 1.78 bits per heavy atom. The molecule has 0 aliphatic carbocycles. The highest BCUT2D eigenvalue weighted by Crippen LogP contribution is 2.15. The molecule has 144 valence electrons. The molecule has 6 nitrogen and oxygen atoms in total. The Balaban J connectivity index is 1.93. The third kappa shape index (κ3) is 6.11. The Hall–Kier alpha value is -2.86. The highest BCUT2D eigenvalue weighted by molar-refractivity contribution is 5.96. The fourth-order valence-electron chi connectivity index (χ4n) is 2.72. The van der Waals surface area contributed by atoms with E-state index >= 15 is 0 Å².